The van der Waals surface area contributed by atoms with Crippen LogP contribution in [0.3, 0.4) is 0 Å². The summed E-state index contributed by atoms with van der Waals surface area (Å²) >= 11 is 0. The number of halogens is 1. The Morgan fingerprint density at radius 3 is 2.46 bits per heavy atom. The lowest BCUT2D eigenvalue weighted by Crippen LogP contribution is -2.49. The molecule has 2 atom stereocenters. The van der Waals surface area contributed by atoms with Crippen molar-refractivity contribution in [1.29, 1.82) is 0 Å². The fourth-order valence-electron chi connectivity index (χ4n) is 3.86. The molecule has 150 valence electrons. The first kappa shape index (κ1) is 20.9. The van der Waals surface area contributed by atoms with Crippen molar-refractivity contribution in [2.75, 3.05) is 25.0 Å². The molecule has 6 heteroatoms. The molecule has 0 amide bonds. The summed E-state index contributed by atoms with van der Waals surface area (Å²) in [6.07, 6.45) is 5.33. The largest absolute Gasteiger partial charge is 0.356 e. The van der Waals surface area contributed by atoms with Crippen LogP contribution in [0, 0.1) is 6.92 Å². The third-order valence-corrected chi connectivity index (χ3v) is 5.62. The molecule has 1 aromatic carbocycles. The molecule has 1 saturated heterocycles. The van der Waals surface area contributed by atoms with Crippen LogP contribution in [0.5, 0.6) is 0 Å². The van der Waals surface area contributed by atoms with Gasteiger partial charge in [0.25, 0.3) is 0 Å². The molecule has 2 unspecified atom stereocenters. The van der Waals surface area contributed by atoms with Crippen molar-refractivity contribution in [2.45, 2.75) is 44.2 Å². The number of pyridine rings is 1. The van der Waals surface area contributed by atoms with Gasteiger partial charge >= 0.3 is 0 Å². The van der Waals surface area contributed by atoms with Crippen molar-refractivity contribution in [3.05, 3.63) is 59.8 Å². The fourth-order valence-corrected chi connectivity index (χ4v) is 3.86. The van der Waals surface area contributed by atoms with Crippen LogP contribution in [0.2, 0.25) is 0 Å². The van der Waals surface area contributed by atoms with E-state index in [0.717, 1.165) is 37.7 Å². The SMILES string of the molecule is CN=C(NC1CCN(c2ccc(C)cn2)CC1)NC1CC1c1ccccc1.I. The fraction of sp³-hybridized carbons (Fsp3) is 0.455. The van der Waals surface area contributed by atoms with Gasteiger partial charge in [0.15, 0.2) is 5.96 Å². The number of nitrogens with zero attached hydrogens (tertiary/aromatic N) is 3. The van der Waals surface area contributed by atoms with Crippen molar-refractivity contribution >= 4 is 35.8 Å². The molecule has 2 fully saturated rings. The molecular formula is C22H30IN5. The number of nitrogens with one attached hydrogen (secondary N) is 2. The number of rotatable bonds is 4. The number of aryl methyl sites for hydroxylation is 1. The van der Waals surface area contributed by atoms with Crippen LogP contribution >= 0.6 is 24.0 Å². The topological polar surface area (TPSA) is 52.6 Å². The standard InChI is InChI=1S/C22H29N5.HI/c1-16-8-9-21(24-15-16)27-12-10-18(11-13-27)25-22(23-2)26-20-14-19(20)17-6-4-3-5-7-17;/h3-9,15,18-20H,10-14H2,1-2H3,(H2,23,25,26);1H. The molecule has 28 heavy (non-hydrogen) atoms. The van der Waals surface area contributed by atoms with Crippen molar-refractivity contribution in [3.63, 3.8) is 0 Å². The molecule has 1 saturated carbocycles. The highest BCUT2D eigenvalue weighted by Crippen LogP contribution is 2.40. The summed E-state index contributed by atoms with van der Waals surface area (Å²) in [7, 11) is 1.86. The number of anilines is 1. The number of piperidine rings is 1. The zero-order chi connectivity index (χ0) is 18.6. The second kappa shape index (κ2) is 9.58. The molecule has 4 rings (SSSR count). The average molecular weight is 491 g/mol. The average Bonchev–Trinajstić information content (AvgIpc) is 3.48. The predicted octanol–water partition coefficient (Wildman–Crippen LogP) is 3.70. The molecule has 0 radical (unpaired) electrons. The van der Waals surface area contributed by atoms with Crippen molar-refractivity contribution in [3.8, 4) is 0 Å². The van der Waals surface area contributed by atoms with Gasteiger partial charge in [0.2, 0.25) is 0 Å². The zero-order valence-corrected chi connectivity index (χ0v) is 19.0. The minimum absolute atomic E-state index is 0. The van der Waals surface area contributed by atoms with Gasteiger partial charge in [-0.05, 0) is 43.4 Å². The first-order valence-electron chi connectivity index (χ1n) is 9.95. The Bertz CT molecular complexity index is 769. The molecule has 2 aromatic rings. The first-order valence-corrected chi connectivity index (χ1v) is 9.95. The molecule has 0 spiro atoms. The van der Waals surface area contributed by atoms with E-state index in [1.165, 1.54) is 17.5 Å². The minimum atomic E-state index is 0. The molecule has 0 bridgehead atoms. The van der Waals surface area contributed by atoms with Crippen LogP contribution in [0.1, 0.15) is 36.3 Å². The quantitative estimate of drug-likeness (QED) is 0.389. The Labute approximate surface area is 185 Å². The number of hydrogen-bond donors (Lipinski definition) is 2. The molecule has 5 nitrogen and oxygen atoms in total. The molecular weight excluding hydrogens is 461 g/mol. The van der Waals surface area contributed by atoms with Crippen LogP contribution in [-0.2, 0) is 0 Å². The lowest BCUT2D eigenvalue weighted by Gasteiger charge is -2.33. The molecule has 1 aliphatic heterocycles. The minimum Gasteiger partial charge on any atom is -0.356 e. The third kappa shape index (κ3) is 5.16. The lowest BCUT2D eigenvalue weighted by atomic mass is 10.1. The van der Waals surface area contributed by atoms with Gasteiger partial charge < -0.3 is 15.5 Å². The Balaban J connectivity index is 0.00000225. The normalized spacial score (nSPS) is 22.4. The lowest BCUT2D eigenvalue weighted by molar-refractivity contribution is 0.459. The highest BCUT2D eigenvalue weighted by atomic mass is 127. The van der Waals surface area contributed by atoms with Gasteiger partial charge in [-0.25, -0.2) is 4.98 Å². The van der Waals surface area contributed by atoms with Gasteiger partial charge in [-0.2, -0.15) is 0 Å². The van der Waals surface area contributed by atoms with Crippen LogP contribution in [-0.4, -0.2) is 43.2 Å². The Hall–Kier alpha value is -1.83. The molecule has 1 aliphatic carbocycles. The van der Waals surface area contributed by atoms with E-state index in [4.69, 9.17) is 0 Å². The van der Waals surface area contributed by atoms with Gasteiger partial charge in [0.05, 0.1) is 0 Å². The number of aromatic nitrogens is 1. The van der Waals surface area contributed by atoms with Crippen molar-refractivity contribution in [2.24, 2.45) is 4.99 Å². The van der Waals surface area contributed by atoms with E-state index in [-0.39, 0.29) is 24.0 Å². The Morgan fingerprint density at radius 2 is 1.82 bits per heavy atom. The van der Waals surface area contributed by atoms with Crippen LogP contribution in [0.25, 0.3) is 0 Å². The summed E-state index contributed by atoms with van der Waals surface area (Å²) < 4.78 is 0. The van der Waals surface area contributed by atoms with E-state index in [2.05, 4.69) is 74.9 Å². The highest BCUT2D eigenvalue weighted by molar-refractivity contribution is 14.0. The summed E-state index contributed by atoms with van der Waals surface area (Å²) in [4.78, 5) is 11.4. The summed E-state index contributed by atoms with van der Waals surface area (Å²) in [5.41, 5.74) is 2.63. The van der Waals surface area contributed by atoms with Gasteiger partial charge in [0, 0.05) is 44.3 Å². The second-order valence-corrected chi connectivity index (χ2v) is 7.68. The second-order valence-electron chi connectivity index (χ2n) is 7.68. The summed E-state index contributed by atoms with van der Waals surface area (Å²) in [6, 6.07) is 16.0. The predicted molar refractivity (Wildman–Crippen MR) is 127 cm³/mol. The third-order valence-electron chi connectivity index (χ3n) is 5.62. The Morgan fingerprint density at radius 1 is 1.07 bits per heavy atom. The molecule has 1 aromatic heterocycles. The van der Waals surface area contributed by atoms with Gasteiger partial charge in [0.1, 0.15) is 5.82 Å². The van der Waals surface area contributed by atoms with Gasteiger partial charge in [-0.15, -0.1) is 24.0 Å². The summed E-state index contributed by atoms with van der Waals surface area (Å²) in [6.45, 7) is 4.13. The zero-order valence-electron chi connectivity index (χ0n) is 16.6. The van der Waals surface area contributed by atoms with E-state index in [1.807, 2.05) is 13.2 Å². The maximum Gasteiger partial charge on any atom is 0.191 e. The van der Waals surface area contributed by atoms with Gasteiger partial charge in [-0.3, -0.25) is 4.99 Å². The van der Waals surface area contributed by atoms with E-state index < -0.39 is 0 Å². The van der Waals surface area contributed by atoms with E-state index in [0.29, 0.717) is 18.0 Å². The summed E-state index contributed by atoms with van der Waals surface area (Å²) in [5.74, 6) is 2.63. The van der Waals surface area contributed by atoms with E-state index >= 15 is 0 Å². The van der Waals surface area contributed by atoms with Gasteiger partial charge in [-0.1, -0.05) is 36.4 Å². The van der Waals surface area contributed by atoms with Crippen LogP contribution < -0.4 is 15.5 Å². The van der Waals surface area contributed by atoms with Crippen LogP contribution in [0.4, 0.5) is 5.82 Å². The van der Waals surface area contributed by atoms with Crippen LogP contribution in [0.15, 0.2) is 53.7 Å². The van der Waals surface area contributed by atoms with Crippen molar-refractivity contribution < 1.29 is 0 Å². The number of guanidine groups is 1. The smallest absolute Gasteiger partial charge is 0.191 e. The maximum atomic E-state index is 4.56. The number of hydrogen-bond acceptors (Lipinski definition) is 3. The number of aliphatic imine (C=N–C) groups is 1. The van der Waals surface area contributed by atoms with E-state index in [1.54, 1.807) is 0 Å². The Kier molecular flexibility index (Phi) is 7.15. The monoisotopic (exact) mass is 491 g/mol. The molecule has 2 N–H and O–H groups in total. The van der Waals surface area contributed by atoms with E-state index in [9.17, 15) is 0 Å². The molecule has 2 aliphatic rings. The maximum absolute atomic E-state index is 4.56. The van der Waals surface area contributed by atoms with Crippen molar-refractivity contribution in [1.82, 2.24) is 15.6 Å². The summed E-state index contributed by atoms with van der Waals surface area (Å²) in [5, 5.41) is 7.22. The number of benzene rings is 1. The molecule has 2 heterocycles. The highest BCUT2D eigenvalue weighted by Gasteiger charge is 2.39. The first-order chi connectivity index (χ1) is 13.2.